The van der Waals surface area contributed by atoms with E-state index in [0.29, 0.717) is 73.5 Å². The zero-order valence-corrected chi connectivity index (χ0v) is 25.8. The first-order valence-corrected chi connectivity index (χ1v) is 15.1. The second-order valence-electron chi connectivity index (χ2n) is 11.3. The first-order valence-electron chi connectivity index (χ1n) is 14.7. The Morgan fingerprint density at radius 2 is 2.11 bits per heavy atom. The van der Waals surface area contributed by atoms with Crippen molar-refractivity contribution in [3.8, 4) is 22.7 Å². The molecule has 0 radical (unpaired) electrons. The third-order valence-corrected chi connectivity index (χ3v) is 8.19. The summed E-state index contributed by atoms with van der Waals surface area (Å²) >= 11 is 6.93. The lowest BCUT2D eigenvalue weighted by atomic mass is 10.1. The zero-order valence-electron chi connectivity index (χ0n) is 25.0. The first-order chi connectivity index (χ1) is 21.3. The highest BCUT2D eigenvalue weighted by atomic mass is 35.5. The molecule has 12 heteroatoms. The Balaban J connectivity index is 1.61. The average Bonchev–Trinajstić information content (AvgIpc) is 2.99. The molecule has 1 atom stereocenters. The van der Waals surface area contributed by atoms with E-state index in [1.165, 1.54) is 10.6 Å². The summed E-state index contributed by atoms with van der Waals surface area (Å²) in [5.74, 6) is 0.405. The second kappa shape index (κ2) is 12.5. The van der Waals surface area contributed by atoms with E-state index in [4.69, 9.17) is 26.1 Å². The molecule has 0 saturated carbocycles. The van der Waals surface area contributed by atoms with Crippen molar-refractivity contribution in [2.45, 2.75) is 32.7 Å². The van der Waals surface area contributed by atoms with E-state index in [2.05, 4.69) is 38.6 Å². The maximum atomic E-state index is 15.5. The molecule has 230 valence electrons. The summed E-state index contributed by atoms with van der Waals surface area (Å²) in [7, 11) is 0. The molecule has 1 saturated heterocycles. The molecule has 44 heavy (non-hydrogen) atoms. The number of hydrogen-bond donors (Lipinski definition) is 1. The van der Waals surface area contributed by atoms with Crippen molar-refractivity contribution in [3.63, 3.8) is 0 Å². The standard InChI is InChI=1S/C32H35ClFN7O3/c1-5-14-43-18-39-12-13-40(20(4)17-39)30-21-16-22(33)28-26-23(34)7-6-8-24(26)35-11-15-44-25-9-10-36-27(19(2)3)29(25)41(31(21)37-28)32(42)38-30/h5-10,16,19-20,35H,1,11-15,17-18H2,2-4H3/t20-/m0/s1. The van der Waals surface area contributed by atoms with Gasteiger partial charge in [-0.25, -0.2) is 18.7 Å². The highest BCUT2D eigenvalue weighted by Crippen LogP contribution is 2.40. The van der Waals surface area contributed by atoms with Crippen LogP contribution in [0.2, 0.25) is 5.02 Å². The minimum Gasteiger partial charge on any atom is -0.489 e. The number of nitrogens with zero attached hydrogens (tertiary/aromatic N) is 6. The van der Waals surface area contributed by atoms with Crippen LogP contribution in [0.25, 0.3) is 28.0 Å². The smallest absolute Gasteiger partial charge is 0.356 e. The molecular weight excluding hydrogens is 585 g/mol. The fourth-order valence-electron chi connectivity index (χ4n) is 5.91. The quantitative estimate of drug-likeness (QED) is 0.230. The number of anilines is 2. The van der Waals surface area contributed by atoms with Gasteiger partial charge in [-0.3, -0.25) is 9.88 Å². The van der Waals surface area contributed by atoms with Crippen molar-refractivity contribution in [2.75, 3.05) is 56.3 Å². The van der Waals surface area contributed by atoms with Crippen LogP contribution in [0.5, 0.6) is 5.75 Å². The molecule has 1 aromatic carbocycles. The Morgan fingerprint density at radius 1 is 1.27 bits per heavy atom. The molecule has 2 aliphatic rings. The normalized spacial score (nSPS) is 17.0. The molecule has 0 unspecified atom stereocenters. The SMILES string of the molecule is C=CCOCN1CCN(c2nc(=O)n3c4nc(c(Cl)cc24)-c2c(F)cccc2NCCOc2ccnc(C(C)C)c2-3)[C@@H](C)C1. The van der Waals surface area contributed by atoms with Crippen molar-refractivity contribution in [3.05, 3.63) is 76.2 Å². The number of fused-ring (bicyclic) bond motifs is 5. The van der Waals surface area contributed by atoms with Crippen LogP contribution in [-0.2, 0) is 4.74 Å². The highest BCUT2D eigenvalue weighted by Gasteiger charge is 2.30. The monoisotopic (exact) mass is 619 g/mol. The van der Waals surface area contributed by atoms with Gasteiger partial charge in [-0.15, -0.1) is 6.58 Å². The number of aromatic nitrogens is 4. The molecule has 0 spiro atoms. The van der Waals surface area contributed by atoms with Gasteiger partial charge in [-0.05, 0) is 31.0 Å². The molecule has 2 aliphatic heterocycles. The van der Waals surface area contributed by atoms with Gasteiger partial charge in [0.15, 0.2) is 5.65 Å². The summed E-state index contributed by atoms with van der Waals surface area (Å²) in [6.07, 6.45) is 3.39. The molecule has 0 amide bonds. The predicted octanol–water partition coefficient (Wildman–Crippen LogP) is 5.23. The molecular formula is C32H35ClFN7O3. The lowest BCUT2D eigenvalue weighted by Crippen LogP contribution is -2.53. The summed E-state index contributed by atoms with van der Waals surface area (Å²) < 4.78 is 28.8. The van der Waals surface area contributed by atoms with Gasteiger partial charge in [0.2, 0.25) is 0 Å². The van der Waals surface area contributed by atoms with Crippen molar-refractivity contribution in [1.82, 2.24) is 24.4 Å². The van der Waals surface area contributed by atoms with Crippen LogP contribution >= 0.6 is 11.6 Å². The molecule has 10 nitrogen and oxygen atoms in total. The van der Waals surface area contributed by atoms with Gasteiger partial charge in [-0.2, -0.15) is 4.98 Å². The third-order valence-electron chi connectivity index (χ3n) is 7.91. The zero-order chi connectivity index (χ0) is 31.0. The Kier molecular flexibility index (Phi) is 8.53. The second-order valence-corrected chi connectivity index (χ2v) is 11.7. The summed E-state index contributed by atoms with van der Waals surface area (Å²) in [5, 5.41) is 4.07. The van der Waals surface area contributed by atoms with Crippen LogP contribution in [0.15, 0.2) is 54.0 Å². The Hall–Kier alpha value is -4.06. The Labute approximate surface area is 260 Å². The van der Waals surface area contributed by atoms with E-state index in [-0.39, 0.29) is 40.5 Å². The summed E-state index contributed by atoms with van der Waals surface area (Å²) in [6, 6.07) is 8.23. The molecule has 1 fully saturated rings. The number of benzene rings is 1. The van der Waals surface area contributed by atoms with Gasteiger partial charge in [0.05, 0.1) is 40.7 Å². The van der Waals surface area contributed by atoms with Crippen LogP contribution in [0.4, 0.5) is 15.9 Å². The lowest BCUT2D eigenvalue weighted by Gasteiger charge is -2.40. The topological polar surface area (TPSA) is 97.6 Å². The maximum absolute atomic E-state index is 15.5. The van der Waals surface area contributed by atoms with Gasteiger partial charge >= 0.3 is 5.69 Å². The van der Waals surface area contributed by atoms with Gasteiger partial charge in [0.1, 0.15) is 29.7 Å². The van der Waals surface area contributed by atoms with E-state index in [0.717, 1.165) is 0 Å². The number of nitrogens with one attached hydrogen (secondary N) is 1. The maximum Gasteiger partial charge on any atom is 0.356 e. The van der Waals surface area contributed by atoms with Crippen LogP contribution in [0, 0.1) is 5.82 Å². The molecule has 5 heterocycles. The van der Waals surface area contributed by atoms with Gasteiger partial charge < -0.3 is 19.7 Å². The summed E-state index contributed by atoms with van der Waals surface area (Å²) in [5.41, 5.74) is 1.82. The molecule has 2 bridgehead atoms. The number of piperazine rings is 1. The molecule has 0 aliphatic carbocycles. The van der Waals surface area contributed by atoms with Crippen molar-refractivity contribution in [2.24, 2.45) is 0 Å². The van der Waals surface area contributed by atoms with Crippen molar-refractivity contribution >= 4 is 34.1 Å². The molecule has 6 rings (SSSR count). The molecule has 4 aromatic rings. The third kappa shape index (κ3) is 5.51. The molecule has 3 aromatic heterocycles. The fraction of sp³-hybridized carbons (Fsp3) is 0.375. The largest absolute Gasteiger partial charge is 0.489 e. The Morgan fingerprint density at radius 3 is 2.89 bits per heavy atom. The van der Waals surface area contributed by atoms with Crippen LogP contribution in [-0.4, -0.2) is 76.6 Å². The summed E-state index contributed by atoms with van der Waals surface area (Å²) in [4.78, 5) is 32.7. The predicted molar refractivity (Wildman–Crippen MR) is 171 cm³/mol. The Bertz CT molecular complexity index is 1780. The first kappa shape index (κ1) is 30.0. The highest BCUT2D eigenvalue weighted by molar-refractivity contribution is 6.34. The minimum atomic E-state index is -0.541. The minimum absolute atomic E-state index is 0.00281. The van der Waals surface area contributed by atoms with E-state index >= 15 is 4.39 Å². The van der Waals surface area contributed by atoms with Crippen LogP contribution in [0.1, 0.15) is 32.4 Å². The number of ether oxygens (including phenoxy) is 2. The van der Waals surface area contributed by atoms with Gasteiger partial charge in [-0.1, -0.05) is 37.6 Å². The van der Waals surface area contributed by atoms with Crippen LogP contribution < -0.4 is 20.6 Å². The van der Waals surface area contributed by atoms with E-state index in [9.17, 15) is 4.79 Å². The number of pyridine rings is 2. The van der Waals surface area contributed by atoms with E-state index < -0.39 is 11.5 Å². The lowest BCUT2D eigenvalue weighted by molar-refractivity contribution is 0.0338. The van der Waals surface area contributed by atoms with E-state index in [1.807, 2.05) is 13.8 Å². The summed E-state index contributed by atoms with van der Waals surface area (Å²) in [6.45, 7) is 13.4. The fourth-order valence-corrected chi connectivity index (χ4v) is 6.15. The van der Waals surface area contributed by atoms with Crippen LogP contribution in [0.3, 0.4) is 0 Å². The number of rotatable bonds is 6. The average molecular weight is 620 g/mol. The molecule has 1 N–H and O–H groups in total. The number of hydrogen-bond acceptors (Lipinski definition) is 9. The van der Waals surface area contributed by atoms with Crippen molar-refractivity contribution in [1.29, 1.82) is 0 Å². The van der Waals surface area contributed by atoms with Crippen molar-refractivity contribution < 1.29 is 13.9 Å². The van der Waals surface area contributed by atoms with Gasteiger partial charge in [0.25, 0.3) is 0 Å². The number of halogens is 2. The van der Waals surface area contributed by atoms with E-state index in [1.54, 1.807) is 36.5 Å². The van der Waals surface area contributed by atoms with Gasteiger partial charge in [0, 0.05) is 50.2 Å².